The summed E-state index contributed by atoms with van der Waals surface area (Å²) in [5, 5.41) is 21.0. The molecule has 1 heterocycles. The van der Waals surface area contributed by atoms with E-state index >= 15 is 0 Å². The Kier molecular flexibility index (Phi) is 5.51. The van der Waals surface area contributed by atoms with Gasteiger partial charge in [-0.15, -0.1) is 0 Å². The summed E-state index contributed by atoms with van der Waals surface area (Å²) >= 11 is 0. The van der Waals surface area contributed by atoms with E-state index in [2.05, 4.69) is 10.3 Å². The molecule has 0 saturated carbocycles. The van der Waals surface area contributed by atoms with Gasteiger partial charge in [0.1, 0.15) is 0 Å². The van der Waals surface area contributed by atoms with E-state index in [1.165, 1.54) is 7.11 Å². The number of benzene rings is 2. The monoisotopic (exact) mass is 369 g/mol. The van der Waals surface area contributed by atoms with Crippen LogP contribution in [0.1, 0.15) is 11.1 Å². The van der Waals surface area contributed by atoms with Crippen LogP contribution in [0.5, 0.6) is 5.75 Å². The number of aryl methyl sites for hydroxylation is 1. The standard InChI is InChI=1S/C19H20N4O4/c1-13-8-9-15(23(25)26)10-16(13)20-19-21-18(24)17(27-2)12-22(19)11-14-6-4-3-5-7-14/h3-10,12,25-26H,11H2,1-2H3,(H,20,21,24)/p+1. The number of anilines is 2. The highest BCUT2D eigenvalue weighted by Gasteiger charge is 2.13. The summed E-state index contributed by atoms with van der Waals surface area (Å²) in [6, 6.07) is 14.7. The molecule has 0 radical (unpaired) electrons. The van der Waals surface area contributed by atoms with Crippen molar-refractivity contribution in [2.45, 2.75) is 13.5 Å². The molecule has 0 aliphatic heterocycles. The Balaban J connectivity index is 2.03. The fraction of sp³-hybridized carbons (Fsp3) is 0.158. The molecular formula is C19H21N4O4+. The number of ether oxygens (including phenoxy) is 1. The first-order chi connectivity index (χ1) is 13.0. The van der Waals surface area contributed by atoms with Crippen molar-refractivity contribution in [1.29, 1.82) is 0 Å². The van der Waals surface area contributed by atoms with Crippen molar-refractivity contribution in [3.05, 3.63) is 76.2 Å². The van der Waals surface area contributed by atoms with E-state index < -0.39 is 10.8 Å². The van der Waals surface area contributed by atoms with Crippen LogP contribution >= 0.6 is 0 Å². The fourth-order valence-electron chi connectivity index (χ4n) is 2.63. The van der Waals surface area contributed by atoms with Crippen molar-refractivity contribution >= 4 is 17.3 Å². The highest BCUT2D eigenvalue weighted by Crippen LogP contribution is 2.22. The summed E-state index contributed by atoms with van der Waals surface area (Å²) in [4.78, 5) is 16.2. The average Bonchev–Trinajstić information content (AvgIpc) is 2.66. The molecular weight excluding hydrogens is 348 g/mol. The van der Waals surface area contributed by atoms with Gasteiger partial charge in [-0.1, -0.05) is 36.4 Å². The number of hydrogen-bond donors (Lipinski definition) is 4. The van der Waals surface area contributed by atoms with Crippen LogP contribution < -0.4 is 20.8 Å². The Morgan fingerprint density at radius 3 is 2.59 bits per heavy atom. The lowest BCUT2D eigenvalue weighted by atomic mass is 10.2. The summed E-state index contributed by atoms with van der Waals surface area (Å²) in [5.41, 5.74) is 2.26. The number of quaternary nitrogens is 1. The molecule has 0 saturated heterocycles. The van der Waals surface area contributed by atoms with Crippen LogP contribution in [-0.4, -0.2) is 27.1 Å². The van der Waals surface area contributed by atoms with Gasteiger partial charge in [0.2, 0.25) is 11.7 Å². The molecule has 140 valence electrons. The van der Waals surface area contributed by atoms with Gasteiger partial charge in [0.05, 0.1) is 19.9 Å². The van der Waals surface area contributed by atoms with Crippen LogP contribution in [0.3, 0.4) is 0 Å². The fourth-order valence-corrected chi connectivity index (χ4v) is 2.63. The second-order valence-corrected chi connectivity index (χ2v) is 6.03. The molecule has 0 atom stereocenters. The summed E-state index contributed by atoms with van der Waals surface area (Å²) in [5.74, 6) is 0.464. The molecule has 0 aliphatic rings. The average molecular weight is 369 g/mol. The van der Waals surface area contributed by atoms with Gasteiger partial charge in [-0.25, -0.2) is 0 Å². The first-order valence-electron chi connectivity index (χ1n) is 8.30. The summed E-state index contributed by atoms with van der Waals surface area (Å²) in [7, 11) is 1.42. The van der Waals surface area contributed by atoms with E-state index in [-0.39, 0.29) is 11.4 Å². The van der Waals surface area contributed by atoms with Gasteiger partial charge in [-0.2, -0.15) is 15.4 Å². The Labute approximate surface area is 155 Å². The van der Waals surface area contributed by atoms with E-state index in [1.54, 1.807) is 29.0 Å². The van der Waals surface area contributed by atoms with Crippen LogP contribution in [0.15, 0.2) is 59.5 Å². The number of nitrogens with one attached hydrogen (secondary N) is 2. The zero-order chi connectivity index (χ0) is 19.4. The molecule has 0 spiro atoms. The minimum Gasteiger partial charge on any atom is -0.490 e. The lowest BCUT2D eigenvalue weighted by molar-refractivity contribution is -1.19. The van der Waals surface area contributed by atoms with E-state index in [9.17, 15) is 15.2 Å². The summed E-state index contributed by atoms with van der Waals surface area (Å²) in [6.07, 6.45) is 1.60. The van der Waals surface area contributed by atoms with Crippen LogP contribution in [0.2, 0.25) is 0 Å². The van der Waals surface area contributed by atoms with E-state index in [4.69, 9.17) is 4.74 Å². The molecule has 4 N–H and O–H groups in total. The van der Waals surface area contributed by atoms with E-state index in [1.807, 2.05) is 37.3 Å². The molecule has 3 rings (SSSR count). The SMILES string of the molecule is COc1cn(Cc2ccccc2)c(Nc2cc([NH+](O)O)ccc2C)nc1=O. The highest BCUT2D eigenvalue weighted by molar-refractivity contribution is 5.62. The molecule has 0 aliphatic carbocycles. The first-order valence-corrected chi connectivity index (χ1v) is 8.30. The molecule has 8 nitrogen and oxygen atoms in total. The molecule has 3 aromatic rings. The third kappa shape index (κ3) is 4.32. The maximum atomic E-state index is 12.2. The predicted molar refractivity (Wildman–Crippen MR) is 99.3 cm³/mol. The minimum absolute atomic E-state index is 0.142. The Morgan fingerprint density at radius 1 is 1.19 bits per heavy atom. The molecule has 0 unspecified atom stereocenters. The topological polar surface area (TPSA) is 101 Å². The van der Waals surface area contributed by atoms with E-state index in [0.29, 0.717) is 18.2 Å². The largest absolute Gasteiger partial charge is 0.490 e. The van der Waals surface area contributed by atoms with Crippen molar-refractivity contribution in [3.63, 3.8) is 0 Å². The summed E-state index contributed by atoms with van der Waals surface area (Å²) in [6.45, 7) is 2.34. The van der Waals surface area contributed by atoms with Crippen molar-refractivity contribution in [1.82, 2.24) is 9.55 Å². The van der Waals surface area contributed by atoms with Crippen LogP contribution in [0.4, 0.5) is 17.3 Å². The van der Waals surface area contributed by atoms with Crippen LogP contribution in [0.25, 0.3) is 0 Å². The maximum absolute atomic E-state index is 12.2. The van der Waals surface area contributed by atoms with Crippen LogP contribution in [-0.2, 0) is 6.54 Å². The maximum Gasteiger partial charge on any atom is 0.316 e. The third-order valence-electron chi connectivity index (χ3n) is 4.12. The zero-order valence-corrected chi connectivity index (χ0v) is 15.0. The first kappa shape index (κ1) is 18.6. The second kappa shape index (κ2) is 8.00. The van der Waals surface area contributed by atoms with Crippen molar-refractivity contribution in [2.75, 3.05) is 12.4 Å². The quantitative estimate of drug-likeness (QED) is 0.493. The molecule has 0 fully saturated rings. The highest BCUT2D eigenvalue weighted by atomic mass is 16.8. The van der Waals surface area contributed by atoms with E-state index in [0.717, 1.165) is 11.1 Å². The normalized spacial score (nSPS) is 10.9. The van der Waals surface area contributed by atoms with Gasteiger partial charge >= 0.3 is 5.56 Å². The second-order valence-electron chi connectivity index (χ2n) is 6.03. The minimum atomic E-state index is -0.776. The summed E-state index contributed by atoms with van der Waals surface area (Å²) < 4.78 is 6.88. The Bertz CT molecular complexity index is 987. The number of methoxy groups -OCH3 is 1. The number of rotatable bonds is 6. The smallest absolute Gasteiger partial charge is 0.316 e. The van der Waals surface area contributed by atoms with Crippen molar-refractivity contribution < 1.29 is 20.4 Å². The van der Waals surface area contributed by atoms with Gasteiger partial charge < -0.3 is 14.6 Å². The van der Waals surface area contributed by atoms with Gasteiger partial charge in [-0.3, -0.25) is 4.79 Å². The number of aromatic nitrogens is 2. The Hall–Kier alpha value is -3.20. The van der Waals surface area contributed by atoms with Crippen LogP contribution in [0, 0.1) is 6.92 Å². The van der Waals surface area contributed by atoms with Gasteiger partial charge in [0.15, 0.2) is 5.69 Å². The molecule has 0 bridgehead atoms. The zero-order valence-electron chi connectivity index (χ0n) is 15.0. The third-order valence-corrected chi connectivity index (χ3v) is 4.12. The van der Waals surface area contributed by atoms with Gasteiger partial charge in [0, 0.05) is 17.8 Å². The lowest BCUT2D eigenvalue weighted by Gasteiger charge is -2.16. The van der Waals surface area contributed by atoms with Crippen molar-refractivity contribution in [2.24, 2.45) is 0 Å². The number of hydrogen-bond acceptors (Lipinski definition) is 6. The van der Waals surface area contributed by atoms with Gasteiger partial charge in [0.25, 0.3) is 0 Å². The molecule has 27 heavy (non-hydrogen) atoms. The molecule has 0 amide bonds. The molecule has 8 heteroatoms. The lowest BCUT2D eigenvalue weighted by Crippen LogP contribution is -3.01. The van der Waals surface area contributed by atoms with Crippen molar-refractivity contribution in [3.8, 4) is 5.75 Å². The predicted octanol–water partition coefficient (Wildman–Crippen LogP) is 1.65. The number of nitrogens with zero attached hydrogens (tertiary/aromatic N) is 2. The molecule has 2 aromatic carbocycles. The Morgan fingerprint density at radius 2 is 1.93 bits per heavy atom. The molecule has 1 aromatic heterocycles. The van der Waals surface area contributed by atoms with Gasteiger partial charge in [-0.05, 0) is 23.3 Å².